The lowest BCUT2D eigenvalue weighted by Crippen LogP contribution is -2.41. The van der Waals surface area contributed by atoms with Crippen LogP contribution in [0.2, 0.25) is 0 Å². The van der Waals surface area contributed by atoms with Crippen LogP contribution in [-0.2, 0) is 19.6 Å². The Morgan fingerprint density at radius 3 is 2.28 bits per heavy atom. The maximum atomic E-state index is 12.8. The number of sulfonamides is 1. The fourth-order valence-electron chi connectivity index (χ4n) is 3.91. The average molecular weight is 423 g/mol. The third-order valence-corrected chi connectivity index (χ3v) is 7.54. The minimum Gasteiger partial charge on any atom is -0.452 e. The van der Waals surface area contributed by atoms with Gasteiger partial charge >= 0.3 is 5.97 Å². The van der Waals surface area contributed by atoms with Crippen LogP contribution in [0, 0.1) is 5.92 Å². The highest BCUT2D eigenvalue weighted by Gasteiger charge is 2.26. The number of hydrogen-bond donors (Lipinski definition) is 0. The lowest BCUT2D eigenvalue weighted by molar-refractivity contribution is -0.136. The molecule has 1 aromatic carbocycles. The molecule has 2 aliphatic rings. The molecule has 160 valence electrons. The molecule has 2 saturated heterocycles. The zero-order chi connectivity index (χ0) is 20.9. The molecular weight excluding hydrogens is 392 g/mol. The van der Waals surface area contributed by atoms with Gasteiger partial charge in [-0.1, -0.05) is 19.8 Å². The number of ether oxygens (including phenoxy) is 1. The topological polar surface area (TPSA) is 84.0 Å². The van der Waals surface area contributed by atoms with Gasteiger partial charge < -0.3 is 9.64 Å². The van der Waals surface area contributed by atoms with Crippen molar-refractivity contribution in [1.82, 2.24) is 9.21 Å². The summed E-state index contributed by atoms with van der Waals surface area (Å²) in [5.74, 6) is -0.352. The van der Waals surface area contributed by atoms with E-state index in [2.05, 4.69) is 6.92 Å². The molecule has 0 aromatic heterocycles. The lowest BCUT2D eigenvalue weighted by Gasteiger charge is -2.30. The van der Waals surface area contributed by atoms with Crippen molar-refractivity contribution in [2.24, 2.45) is 5.92 Å². The molecule has 0 radical (unpaired) electrons. The molecule has 0 aliphatic carbocycles. The maximum Gasteiger partial charge on any atom is 0.338 e. The van der Waals surface area contributed by atoms with Crippen LogP contribution in [0.25, 0.3) is 0 Å². The predicted octanol–water partition coefficient (Wildman–Crippen LogP) is 2.67. The standard InChI is InChI=1S/C21H30N2O5S/c1-17-7-6-12-22(15-17)20(24)16-28-21(25)18-8-10-19(11-9-18)29(26,27)23-13-4-2-3-5-14-23/h8-11,17H,2-7,12-16H2,1H3/t17-/m0/s1. The van der Waals surface area contributed by atoms with E-state index in [-0.39, 0.29) is 23.0 Å². The first-order valence-electron chi connectivity index (χ1n) is 10.4. The molecule has 8 heteroatoms. The fraction of sp³-hybridized carbons (Fsp3) is 0.619. The Balaban J connectivity index is 1.57. The molecule has 0 saturated carbocycles. The van der Waals surface area contributed by atoms with E-state index < -0.39 is 16.0 Å². The van der Waals surface area contributed by atoms with Gasteiger partial charge in [0.25, 0.3) is 5.91 Å². The van der Waals surface area contributed by atoms with Crippen molar-refractivity contribution in [1.29, 1.82) is 0 Å². The number of hydrogen-bond acceptors (Lipinski definition) is 5. The number of esters is 1. The van der Waals surface area contributed by atoms with Gasteiger partial charge in [0.2, 0.25) is 10.0 Å². The van der Waals surface area contributed by atoms with Gasteiger partial charge in [0.1, 0.15) is 0 Å². The highest BCUT2D eigenvalue weighted by atomic mass is 32.2. The Hall–Kier alpha value is -1.93. The summed E-state index contributed by atoms with van der Waals surface area (Å²) < 4.78 is 32.3. The van der Waals surface area contributed by atoms with Gasteiger partial charge in [-0.15, -0.1) is 0 Å². The summed E-state index contributed by atoms with van der Waals surface area (Å²) >= 11 is 0. The highest BCUT2D eigenvalue weighted by molar-refractivity contribution is 7.89. The van der Waals surface area contributed by atoms with Crippen LogP contribution in [0.4, 0.5) is 0 Å². The average Bonchev–Trinajstić information content (AvgIpc) is 3.02. The molecule has 0 spiro atoms. The zero-order valence-corrected chi connectivity index (χ0v) is 17.8. The molecule has 2 aliphatic heterocycles. The van der Waals surface area contributed by atoms with E-state index in [4.69, 9.17) is 4.74 Å². The Kier molecular flexibility index (Phi) is 7.29. The summed E-state index contributed by atoms with van der Waals surface area (Å²) in [6.07, 6.45) is 5.91. The number of piperidine rings is 1. The van der Waals surface area contributed by atoms with E-state index >= 15 is 0 Å². The Labute approximate surface area is 173 Å². The summed E-state index contributed by atoms with van der Waals surface area (Å²) in [7, 11) is -3.55. The number of rotatable bonds is 5. The van der Waals surface area contributed by atoms with E-state index in [0.29, 0.717) is 32.1 Å². The van der Waals surface area contributed by atoms with Crippen LogP contribution in [-0.4, -0.2) is 62.3 Å². The molecule has 1 amide bonds. The van der Waals surface area contributed by atoms with Gasteiger partial charge in [-0.2, -0.15) is 4.31 Å². The second kappa shape index (κ2) is 9.71. The quantitative estimate of drug-likeness (QED) is 0.681. The van der Waals surface area contributed by atoms with Crippen LogP contribution in [0.5, 0.6) is 0 Å². The van der Waals surface area contributed by atoms with Crippen LogP contribution < -0.4 is 0 Å². The second-order valence-electron chi connectivity index (χ2n) is 8.01. The first-order chi connectivity index (χ1) is 13.9. The first kappa shape index (κ1) is 21.8. The SMILES string of the molecule is C[C@H]1CCCN(C(=O)COC(=O)c2ccc(S(=O)(=O)N3CCCCCC3)cc2)C1. The lowest BCUT2D eigenvalue weighted by atomic mass is 10.0. The predicted molar refractivity (Wildman–Crippen MR) is 109 cm³/mol. The molecule has 1 aromatic rings. The third kappa shape index (κ3) is 5.57. The number of nitrogens with zero attached hydrogens (tertiary/aromatic N) is 2. The zero-order valence-electron chi connectivity index (χ0n) is 17.0. The van der Waals surface area contributed by atoms with Gasteiger partial charge in [-0.05, 0) is 55.9 Å². The molecular formula is C21H30N2O5S. The molecule has 0 N–H and O–H groups in total. The molecule has 0 bridgehead atoms. The Morgan fingerprint density at radius 2 is 1.66 bits per heavy atom. The number of carbonyl (C=O) groups is 2. The van der Waals surface area contributed by atoms with Gasteiger partial charge in [0.05, 0.1) is 10.5 Å². The van der Waals surface area contributed by atoms with Gasteiger partial charge in [-0.3, -0.25) is 4.79 Å². The van der Waals surface area contributed by atoms with Crippen LogP contribution in [0.15, 0.2) is 29.2 Å². The summed E-state index contributed by atoms with van der Waals surface area (Å²) in [6.45, 7) is 4.27. The normalized spacial score (nSPS) is 21.4. The molecule has 2 heterocycles. The van der Waals surface area contributed by atoms with Crippen LogP contribution in [0.3, 0.4) is 0 Å². The maximum absolute atomic E-state index is 12.8. The van der Waals surface area contributed by atoms with Crippen molar-refractivity contribution in [3.8, 4) is 0 Å². The number of carbonyl (C=O) groups excluding carboxylic acids is 2. The summed E-state index contributed by atoms with van der Waals surface area (Å²) in [4.78, 5) is 26.4. The van der Waals surface area contributed by atoms with Crippen molar-refractivity contribution < 1.29 is 22.7 Å². The van der Waals surface area contributed by atoms with Crippen molar-refractivity contribution >= 4 is 21.9 Å². The minimum atomic E-state index is -3.55. The van der Waals surface area contributed by atoms with Crippen LogP contribution in [0.1, 0.15) is 55.8 Å². The Morgan fingerprint density at radius 1 is 1.00 bits per heavy atom. The Bertz CT molecular complexity index is 814. The van der Waals surface area contributed by atoms with Crippen molar-refractivity contribution in [3.63, 3.8) is 0 Å². The van der Waals surface area contributed by atoms with E-state index in [1.807, 2.05) is 0 Å². The summed E-state index contributed by atoms with van der Waals surface area (Å²) in [6, 6.07) is 5.76. The minimum absolute atomic E-state index is 0.175. The van der Waals surface area contributed by atoms with Gasteiger partial charge in [0.15, 0.2) is 6.61 Å². The van der Waals surface area contributed by atoms with Gasteiger partial charge in [-0.25, -0.2) is 13.2 Å². The third-order valence-electron chi connectivity index (χ3n) is 5.63. The molecule has 2 fully saturated rings. The summed E-state index contributed by atoms with van der Waals surface area (Å²) in [5, 5.41) is 0. The molecule has 3 rings (SSSR count). The van der Waals surface area contributed by atoms with E-state index in [1.54, 1.807) is 4.90 Å². The first-order valence-corrected chi connectivity index (χ1v) is 11.9. The highest BCUT2D eigenvalue weighted by Crippen LogP contribution is 2.21. The van der Waals surface area contributed by atoms with E-state index in [9.17, 15) is 18.0 Å². The monoisotopic (exact) mass is 422 g/mol. The van der Waals surface area contributed by atoms with Crippen molar-refractivity contribution in [3.05, 3.63) is 29.8 Å². The summed E-state index contributed by atoms with van der Waals surface area (Å²) in [5.41, 5.74) is 0.236. The number of benzene rings is 1. The molecule has 0 unspecified atom stereocenters. The smallest absolute Gasteiger partial charge is 0.338 e. The van der Waals surface area contributed by atoms with Gasteiger partial charge in [0, 0.05) is 26.2 Å². The molecule has 1 atom stereocenters. The van der Waals surface area contributed by atoms with E-state index in [0.717, 1.165) is 38.5 Å². The van der Waals surface area contributed by atoms with Crippen molar-refractivity contribution in [2.75, 3.05) is 32.8 Å². The van der Waals surface area contributed by atoms with Crippen molar-refractivity contribution in [2.45, 2.75) is 50.3 Å². The fourth-order valence-corrected chi connectivity index (χ4v) is 5.43. The second-order valence-corrected chi connectivity index (χ2v) is 9.94. The number of likely N-dealkylation sites (tertiary alicyclic amines) is 1. The molecule has 29 heavy (non-hydrogen) atoms. The van der Waals surface area contributed by atoms with E-state index in [1.165, 1.54) is 28.6 Å². The number of amides is 1. The van der Waals surface area contributed by atoms with Crippen LogP contribution >= 0.6 is 0 Å². The largest absolute Gasteiger partial charge is 0.452 e. The molecule has 7 nitrogen and oxygen atoms in total.